The number of halogens is 1. The highest BCUT2D eigenvalue weighted by molar-refractivity contribution is 9.10. The highest BCUT2D eigenvalue weighted by Gasteiger charge is 2.02. The van der Waals surface area contributed by atoms with Crippen molar-refractivity contribution in [1.82, 2.24) is 9.97 Å². The third-order valence-corrected chi connectivity index (χ3v) is 2.45. The highest BCUT2D eigenvalue weighted by Crippen LogP contribution is 2.22. The van der Waals surface area contributed by atoms with Crippen LogP contribution in [0.2, 0.25) is 0 Å². The first-order chi connectivity index (χ1) is 8.15. The van der Waals surface area contributed by atoms with Crippen molar-refractivity contribution < 1.29 is 9.53 Å². The molecule has 0 spiro atoms. The van der Waals surface area contributed by atoms with Gasteiger partial charge in [0.1, 0.15) is 17.2 Å². The van der Waals surface area contributed by atoms with Crippen LogP contribution in [0.3, 0.4) is 0 Å². The van der Waals surface area contributed by atoms with Gasteiger partial charge in [-0.3, -0.25) is 9.78 Å². The molecule has 0 aliphatic rings. The molecule has 0 unspecified atom stereocenters. The Morgan fingerprint density at radius 1 is 1.24 bits per heavy atom. The number of ketones is 1. The summed E-state index contributed by atoms with van der Waals surface area (Å²) in [6.07, 6.45) is 4.78. The van der Waals surface area contributed by atoms with Crippen LogP contribution in [0.5, 0.6) is 11.5 Å². The number of rotatable bonds is 3. The zero-order valence-corrected chi connectivity index (χ0v) is 10.6. The van der Waals surface area contributed by atoms with E-state index in [9.17, 15) is 4.79 Å². The van der Waals surface area contributed by atoms with Crippen molar-refractivity contribution >= 4 is 21.7 Å². The number of carbonyl (C=O) groups excluding carboxylic acids is 1. The van der Waals surface area contributed by atoms with E-state index >= 15 is 0 Å². The second-order valence-corrected chi connectivity index (χ2v) is 4.29. The van der Waals surface area contributed by atoms with Gasteiger partial charge in [-0.15, -0.1) is 0 Å². The SMILES string of the molecule is CC(=O)c1ccc(Oc2cncc(Br)c2)cn1. The van der Waals surface area contributed by atoms with Gasteiger partial charge in [0.15, 0.2) is 5.78 Å². The average molecular weight is 293 g/mol. The second kappa shape index (κ2) is 5.05. The molecule has 0 aromatic carbocycles. The standard InChI is InChI=1S/C12H9BrN2O2/c1-8(16)12-3-2-10(7-15-12)17-11-4-9(13)5-14-6-11/h2-7H,1H3. The van der Waals surface area contributed by atoms with Crippen molar-refractivity contribution in [2.24, 2.45) is 0 Å². The molecule has 17 heavy (non-hydrogen) atoms. The van der Waals surface area contributed by atoms with Gasteiger partial charge in [0.2, 0.25) is 0 Å². The van der Waals surface area contributed by atoms with Gasteiger partial charge in [0, 0.05) is 17.6 Å². The lowest BCUT2D eigenvalue weighted by Gasteiger charge is -2.05. The maximum atomic E-state index is 11.0. The Labute approximate surface area is 107 Å². The number of pyridine rings is 2. The maximum absolute atomic E-state index is 11.0. The third kappa shape index (κ3) is 3.10. The Morgan fingerprint density at radius 3 is 2.65 bits per heavy atom. The van der Waals surface area contributed by atoms with Crippen LogP contribution in [0.15, 0.2) is 41.3 Å². The third-order valence-electron chi connectivity index (χ3n) is 2.01. The largest absolute Gasteiger partial charge is 0.454 e. The van der Waals surface area contributed by atoms with Crippen molar-refractivity contribution in [2.75, 3.05) is 0 Å². The number of hydrogen-bond acceptors (Lipinski definition) is 4. The molecule has 0 amide bonds. The molecule has 0 aliphatic carbocycles. The Balaban J connectivity index is 2.16. The number of nitrogens with zero attached hydrogens (tertiary/aromatic N) is 2. The van der Waals surface area contributed by atoms with Crippen LogP contribution >= 0.6 is 15.9 Å². The average Bonchev–Trinajstić information content (AvgIpc) is 2.29. The normalized spacial score (nSPS) is 10.0. The van der Waals surface area contributed by atoms with Crippen LogP contribution in [-0.2, 0) is 0 Å². The summed E-state index contributed by atoms with van der Waals surface area (Å²) < 4.78 is 6.36. The number of carbonyl (C=O) groups is 1. The zero-order valence-electron chi connectivity index (χ0n) is 9.05. The first-order valence-corrected chi connectivity index (χ1v) is 5.70. The molecule has 0 saturated heterocycles. The maximum Gasteiger partial charge on any atom is 0.178 e. The van der Waals surface area contributed by atoms with Crippen LogP contribution in [0.25, 0.3) is 0 Å². The summed E-state index contributed by atoms with van der Waals surface area (Å²) in [5, 5.41) is 0. The number of hydrogen-bond donors (Lipinski definition) is 0. The van der Waals surface area contributed by atoms with E-state index in [1.807, 2.05) is 0 Å². The van der Waals surface area contributed by atoms with E-state index in [4.69, 9.17) is 4.74 Å². The molecule has 0 atom stereocenters. The molecule has 2 aromatic heterocycles. The molecule has 86 valence electrons. The molecule has 0 saturated carbocycles. The Morgan fingerprint density at radius 2 is 2.06 bits per heavy atom. The van der Waals surface area contributed by atoms with Gasteiger partial charge in [-0.2, -0.15) is 0 Å². The predicted octanol–water partition coefficient (Wildman–Crippen LogP) is 3.23. The minimum Gasteiger partial charge on any atom is -0.454 e. The fourth-order valence-corrected chi connectivity index (χ4v) is 1.58. The van der Waals surface area contributed by atoms with Crippen molar-refractivity contribution in [3.05, 3.63) is 47.0 Å². The molecule has 2 aromatic rings. The molecule has 0 aliphatic heterocycles. The molecule has 0 fully saturated rings. The fraction of sp³-hybridized carbons (Fsp3) is 0.0833. The number of Topliss-reactive ketones (excluding diaryl/α,β-unsaturated/α-hetero) is 1. The lowest BCUT2D eigenvalue weighted by molar-refractivity contribution is 0.101. The minimum absolute atomic E-state index is 0.0688. The van der Waals surface area contributed by atoms with Crippen LogP contribution in [0, 0.1) is 0 Å². The van der Waals surface area contributed by atoms with Crippen molar-refractivity contribution in [3.8, 4) is 11.5 Å². The minimum atomic E-state index is -0.0688. The van der Waals surface area contributed by atoms with E-state index in [-0.39, 0.29) is 5.78 Å². The summed E-state index contributed by atoms with van der Waals surface area (Å²) in [4.78, 5) is 19.0. The smallest absolute Gasteiger partial charge is 0.178 e. The van der Waals surface area contributed by atoms with E-state index < -0.39 is 0 Å². The number of aromatic nitrogens is 2. The lowest BCUT2D eigenvalue weighted by atomic mass is 10.3. The summed E-state index contributed by atoms with van der Waals surface area (Å²) in [5.41, 5.74) is 0.421. The van der Waals surface area contributed by atoms with Gasteiger partial charge in [-0.05, 0) is 34.1 Å². The van der Waals surface area contributed by atoms with E-state index in [0.717, 1.165) is 4.47 Å². The van der Waals surface area contributed by atoms with Crippen molar-refractivity contribution in [3.63, 3.8) is 0 Å². The predicted molar refractivity (Wildman–Crippen MR) is 66.3 cm³/mol. The summed E-state index contributed by atoms with van der Waals surface area (Å²) >= 11 is 3.30. The molecular weight excluding hydrogens is 284 g/mol. The van der Waals surface area contributed by atoms with Gasteiger partial charge in [0.25, 0.3) is 0 Å². The van der Waals surface area contributed by atoms with Crippen molar-refractivity contribution in [1.29, 1.82) is 0 Å². The quantitative estimate of drug-likeness (QED) is 0.815. The number of ether oxygens (including phenoxy) is 1. The second-order valence-electron chi connectivity index (χ2n) is 3.38. The molecule has 0 bridgehead atoms. The van der Waals surface area contributed by atoms with Crippen molar-refractivity contribution in [2.45, 2.75) is 6.92 Å². The van der Waals surface area contributed by atoms with Crippen LogP contribution < -0.4 is 4.74 Å². The molecule has 5 heteroatoms. The monoisotopic (exact) mass is 292 g/mol. The van der Waals surface area contributed by atoms with Crippen LogP contribution in [-0.4, -0.2) is 15.8 Å². The molecular formula is C12H9BrN2O2. The van der Waals surface area contributed by atoms with E-state index in [2.05, 4.69) is 25.9 Å². The van der Waals surface area contributed by atoms with E-state index in [1.54, 1.807) is 30.6 Å². The first-order valence-electron chi connectivity index (χ1n) is 4.90. The first kappa shape index (κ1) is 11.7. The van der Waals surface area contributed by atoms with Crippen LogP contribution in [0.1, 0.15) is 17.4 Å². The summed E-state index contributed by atoms with van der Waals surface area (Å²) in [6.45, 7) is 1.47. The molecule has 4 nitrogen and oxygen atoms in total. The van der Waals surface area contributed by atoms with Gasteiger partial charge in [-0.25, -0.2) is 4.98 Å². The topological polar surface area (TPSA) is 52.1 Å². The highest BCUT2D eigenvalue weighted by atomic mass is 79.9. The molecule has 2 rings (SSSR count). The molecule has 2 heterocycles. The molecule has 0 N–H and O–H groups in total. The summed E-state index contributed by atoms with van der Waals surface area (Å²) in [7, 11) is 0. The Bertz CT molecular complexity index is 540. The Kier molecular flexibility index (Phi) is 3.49. The van der Waals surface area contributed by atoms with Gasteiger partial charge < -0.3 is 4.74 Å². The molecule has 0 radical (unpaired) electrons. The van der Waals surface area contributed by atoms with Gasteiger partial charge in [0.05, 0.1) is 12.4 Å². The van der Waals surface area contributed by atoms with E-state index in [0.29, 0.717) is 17.2 Å². The summed E-state index contributed by atoms with van der Waals surface area (Å²) in [5.74, 6) is 1.10. The van der Waals surface area contributed by atoms with E-state index in [1.165, 1.54) is 13.1 Å². The lowest BCUT2D eigenvalue weighted by Crippen LogP contribution is -1.96. The fourth-order valence-electron chi connectivity index (χ4n) is 1.23. The van der Waals surface area contributed by atoms with Gasteiger partial charge >= 0.3 is 0 Å². The van der Waals surface area contributed by atoms with Crippen LogP contribution in [0.4, 0.5) is 0 Å². The van der Waals surface area contributed by atoms with Gasteiger partial charge in [-0.1, -0.05) is 0 Å². The zero-order chi connectivity index (χ0) is 12.3. The Hall–Kier alpha value is -1.75. The summed E-state index contributed by atoms with van der Waals surface area (Å²) in [6, 6.07) is 5.12.